The molecule has 1 heterocycles. The van der Waals surface area contributed by atoms with E-state index in [2.05, 4.69) is 4.98 Å². The summed E-state index contributed by atoms with van der Waals surface area (Å²) in [6.45, 7) is 5.13. The van der Waals surface area contributed by atoms with E-state index in [1.165, 1.54) is 12.1 Å². The summed E-state index contributed by atoms with van der Waals surface area (Å²) in [4.78, 5) is 18.4. The van der Waals surface area contributed by atoms with Gasteiger partial charge in [-0.1, -0.05) is 18.2 Å². The zero-order valence-electron chi connectivity index (χ0n) is 11.6. The number of nitrogens with zero attached hydrogens (tertiary/aromatic N) is 2. The van der Waals surface area contributed by atoms with Crippen LogP contribution in [0.1, 0.15) is 24.3 Å². The standard InChI is InChI=1S/C16H17FN2O/c1-3-19(4-2)16(20)15-14(6-5-11-18-15)12-7-9-13(17)10-8-12/h5-11H,3-4H2,1-2H3. The molecule has 1 aromatic carbocycles. The lowest BCUT2D eigenvalue weighted by Gasteiger charge is -2.19. The summed E-state index contributed by atoms with van der Waals surface area (Å²) >= 11 is 0. The van der Waals surface area contributed by atoms with E-state index in [0.717, 1.165) is 11.1 Å². The topological polar surface area (TPSA) is 33.2 Å². The van der Waals surface area contributed by atoms with Gasteiger partial charge in [-0.15, -0.1) is 0 Å². The average molecular weight is 272 g/mol. The van der Waals surface area contributed by atoms with Gasteiger partial charge >= 0.3 is 0 Å². The fourth-order valence-electron chi connectivity index (χ4n) is 2.10. The van der Waals surface area contributed by atoms with E-state index >= 15 is 0 Å². The first kappa shape index (κ1) is 14.2. The Balaban J connectivity index is 2.45. The highest BCUT2D eigenvalue weighted by molar-refractivity contribution is 5.98. The molecule has 0 atom stereocenters. The molecule has 4 heteroatoms. The number of benzene rings is 1. The molecular weight excluding hydrogens is 255 g/mol. The number of amides is 1. The van der Waals surface area contributed by atoms with Crippen molar-refractivity contribution < 1.29 is 9.18 Å². The number of hydrogen-bond acceptors (Lipinski definition) is 2. The SMILES string of the molecule is CCN(CC)C(=O)c1ncccc1-c1ccc(F)cc1. The van der Waals surface area contributed by atoms with Crippen LogP contribution in [0.25, 0.3) is 11.1 Å². The van der Waals surface area contributed by atoms with Crippen molar-refractivity contribution in [1.82, 2.24) is 9.88 Å². The first-order valence-electron chi connectivity index (χ1n) is 6.67. The second kappa shape index (κ2) is 6.28. The molecule has 2 aromatic rings. The third-order valence-corrected chi connectivity index (χ3v) is 3.22. The van der Waals surface area contributed by atoms with Crippen LogP contribution in [0, 0.1) is 5.82 Å². The Kier molecular flexibility index (Phi) is 4.45. The lowest BCUT2D eigenvalue weighted by Crippen LogP contribution is -2.31. The Morgan fingerprint density at radius 1 is 1.15 bits per heavy atom. The second-order valence-corrected chi connectivity index (χ2v) is 4.38. The highest BCUT2D eigenvalue weighted by atomic mass is 19.1. The molecular formula is C16H17FN2O. The van der Waals surface area contributed by atoms with E-state index in [1.54, 1.807) is 29.3 Å². The third kappa shape index (κ3) is 2.85. The molecule has 1 aromatic heterocycles. The molecule has 0 saturated carbocycles. The van der Waals surface area contributed by atoms with E-state index in [9.17, 15) is 9.18 Å². The van der Waals surface area contributed by atoms with Gasteiger partial charge in [-0.05, 0) is 37.6 Å². The van der Waals surface area contributed by atoms with Gasteiger partial charge < -0.3 is 4.90 Å². The van der Waals surface area contributed by atoms with Crippen LogP contribution in [-0.2, 0) is 0 Å². The van der Waals surface area contributed by atoms with Crippen molar-refractivity contribution in [1.29, 1.82) is 0 Å². The molecule has 0 radical (unpaired) electrons. The predicted octanol–water partition coefficient (Wildman–Crippen LogP) is 3.37. The number of rotatable bonds is 4. The summed E-state index contributed by atoms with van der Waals surface area (Å²) in [7, 11) is 0. The van der Waals surface area contributed by atoms with Gasteiger partial charge in [-0.3, -0.25) is 9.78 Å². The zero-order valence-corrected chi connectivity index (χ0v) is 11.6. The van der Waals surface area contributed by atoms with Crippen molar-refractivity contribution in [2.45, 2.75) is 13.8 Å². The Morgan fingerprint density at radius 2 is 1.80 bits per heavy atom. The summed E-state index contributed by atoms with van der Waals surface area (Å²) in [6, 6.07) is 9.69. The summed E-state index contributed by atoms with van der Waals surface area (Å²) < 4.78 is 13.0. The highest BCUT2D eigenvalue weighted by Gasteiger charge is 2.18. The van der Waals surface area contributed by atoms with Crippen molar-refractivity contribution in [3.05, 3.63) is 54.1 Å². The maximum absolute atomic E-state index is 13.0. The molecule has 0 aliphatic rings. The summed E-state index contributed by atoms with van der Waals surface area (Å²) in [5.74, 6) is -0.399. The van der Waals surface area contributed by atoms with Crippen LogP contribution in [0.3, 0.4) is 0 Å². The van der Waals surface area contributed by atoms with Gasteiger partial charge in [-0.25, -0.2) is 4.39 Å². The van der Waals surface area contributed by atoms with Crippen LogP contribution < -0.4 is 0 Å². The van der Waals surface area contributed by atoms with Gasteiger partial charge in [0.2, 0.25) is 0 Å². The average Bonchev–Trinajstić information content (AvgIpc) is 2.49. The summed E-state index contributed by atoms with van der Waals surface area (Å²) in [5, 5.41) is 0. The Morgan fingerprint density at radius 3 is 2.40 bits per heavy atom. The number of pyridine rings is 1. The molecule has 20 heavy (non-hydrogen) atoms. The molecule has 0 aliphatic heterocycles. The zero-order chi connectivity index (χ0) is 14.5. The van der Waals surface area contributed by atoms with E-state index in [4.69, 9.17) is 0 Å². The lowest BCUT2D eigenvalue weighted by atomic mass is 10.0. The van der Waals surface area contributed by atoms with E-state index in [-0.39, 0.29) is 11.7 Å². The van der Waals surface area contributed by atoms with Crippen molar-refractivity contribution in [2.24, 2.45) is 0 Å². The van der Waals surface area contributed by atoms with Crippen LogP contribution in [0.4, 0.5) is 4.39 Å². The van der Waals surface area contributed by atoms with Gasteiger partial charge in [0.15, 0.2) is 0 Å². The minimum Gasteiger partial charge on any atom is -0.338 e. The predicted molar refractivity (Wildman–Crippen MR) is 76.9 cm³/mol. The molecule has 0 fully saturated rings. The highest BCUT2D eigenvalue weighted by Crippen LogP contribution is 2.23. The van der Waals surface area contributed by atoms with Crippen molar-refractivity contribution >= 4 is 5.91 Å². The molecule has 0 saturated heterocycles. The number of aromatic nitrogens is 1. The Labute approximate surface area is 118 Å². The van der Waals surface area contributed by atoms with Crippen LogP contribution in [0.15, 0.2) is 42.6 Å². The van der Waals surface area contributed by atoms with Crippen LogP contribution in [0.5, 0.6) is 0 Å². The van der Waals surface area contributed by atoms with Crippen molar-refractivity contribution in [2.75, 3.05) is 13.1 Å². The van der Waals surface area contributed by atoms with Gasteiger partial charge in [0, 0.05) is 24.8 Å². The van der Waals surface area contributed by atoms with Crippen LogP contribution in [0.2, 0.25) is 0 Å². The minimum absolute atomic E-state index is 0.102. The van der Waals surface area contributed by atoms with Gasteiger partial charge in [0.1, 0.15) is 11.5 Å². The number of halogens is 1. The van der Waals surface area contributed by atoms with Gasteiger partial charge in [-0.2, -0.15) is 0 Å². The van der Waals surface area contributed by atoms with Gasteiger partial charge in [0.05, 0.1) is 0 Å². The van der Waals surface area contributed by atoms with Crippen molar-refractivity contribution in [3.8, 4) is 11.1 Å². The Bertz CT molecular complexity index is 592. The third-order valence-electron chi connectivity index (χ3n) is 3.22. The molecule has 0 spiro atoms. The largest absolute Gasteiger partial charge is 0.338 e. The fraction of sp³-hybridized carbons (Fsp3) is 0.250. The number of hydrogen-bond donors (Lipinski definition) is 0. The molecule has 0 N–H and O–H groups in total. The first-order chi connectivity index (χ1) is 9.67. The molecule has 3 nitrogen and oxygen atoms in total. The maximum Gasteiger partial charge on any atom is 0.273 e. The molecule has 0 aliphatic carbocycles. The second-order valence-electron chi connectivity index (χ2n) is 4.38. The molecule has 0 bridgehead atoms. The summed E-state index contributed by atoms with van der Waals surface area (Å²) in [6.07, 6.45) is 1.60. The quantitative estimate of drug-likeness (QED) is 0.855. The smallest absolute Gasteiger partial charge is 0.273 e. The summed E-state index contributed by atoms with van der Waals surface area (Å²) in [5.41, 5.74) is 1.92. The van der Waals surface area contributed by atoms with E-state index in [1.807, 2.05) is 19.9 Å². The van der Waals surface area contributed by atoms with Gasteiger partial charge in [0.25, 0.3) is 5.91 Å². The Hall–Kier alpha value is -2.23. The minimum atomic E-state index is -0.297. The molecule has 1 amide bonds. The van der Waals surface area contributed by atoms with E-state index in [0.29, 0.717) is 18.8 Å². The van der Waals surface area contributed by atoms with E-state index < -0.39 is 0 Å². The lowest BCUT2D eigenvalue weighted by molar-refractivity contribution is 0.0768. The first-order valence-corrected chi connectivity index (χ1v) is 6.67. The van der Waals surface area contributed by atoms with Crippen LogP contribution >= 0.6 is 0 Å². The number of carbonyl (C=O) groups is 1. The molecule has 2 rings (SSSR count). The van der Waals surface area contributed by atoms with Crippen LogP contribution in [-0.4, -0.2) is 28.9 Å². The molecule has 0 unspecified atom stereocenters. The molecule has 104 valence electrons. The number of carbonyl (C=O) groups excluding carboxylic acids is 1. The maximum atomic E-state index is 13.0. The monoisotopic (exact) mass is 272 g/mol. The fourth-order valence-corrected chi connectivity index (χ4v) is 2.10. The van der Waals surface area contributed by atoms with Crippen molar-refractivity contribution in [3.63, 3.8) is 0 Å². The normalized spacial score (nSPS) is 10.3.